The second-order valence-corrected chi connectivity index (χ2v) is 3.61. The van der Waals surface area contributed by atoms with Gasteiger partial charge in [0.05, 0.1) is 0 Å². The number of hydrogen-bond donors (Lipinski definition) is 2. The van der Waals surface area contributed by atoms with Gasteiger partial charge in [0, 0.05) is 11.3 Å². The largest absolute Gasteiger partial charge is 0.508 e. The maximum Gasteiger partial charge on any atom is 0.411 e. The van der Waals surface area contributed by atoms with E-state index in [0.717, 1.165) is 0 Å². The van der Waals surface area contributed by atoms with Crippen LogP contribution in [-0.2, 0) is 9.53 Å². The molecule has 18 heavy (non-hydrogen) atoms. The fraction of sp³-hybridized carbons (Fsp3) is 0.364. The zero-order valence-corrected chi connectivity index (χ0v) is 9.54. The highest BCUT2D eigenvalue weighted by atomic mass is 19.4. The lowest BCUT2D eigenvalue weighted by molar-refractivity contribution is -0.174. The van der Waals surface area contributed by atoms with Crippen LogP contribution >= 0.6 is 0 Å². The number of phenols is 1. The summed E-state index contributed by atoms with van der Waals surface area (Å²) in [5.41, 5.74) is 0.761. The van der Waals surface area contributed by atoms with Crippen molar-refractivity contribution in [1.29, 1.82) is 0 Å². The van der Waals surface area contributed by atoms with Crippen molar-refractivity contribution in [3.05, 3.63) is 23.8 Å². The normalized spacial score (nSPS) is 11.3. The highest BCUT2D eigenvalue weighted by Gasteiger charge is 2.27. The van der Waals surface area contributed by atoms with Gasteiger partial charge in [-0.2, -0.15) is 13.2 Å². The average Bonchev–Trinajstić information content (AvgIpc) is 2.23. The standard InChI is InChI=1S/C11H12F3NO3/c1-7-8(3-2-4-9(7)16)15-10(17)5-18-6-11(12,13)14/h2-4,16H,5-6H2,1H3,(H,15,17). The molecule has 0 heterocycles. The number of hydrogen-bond acceptors (Lipinski definition) is 3. The van der Waals surface area contributed by atoms with Crippen LogP contribution in [-0.4, -0.2) is 30.4 Å². The van der Waals surface area contributed by atoms with E-state index >= 15 is 0 Å². The highest BCUT2D eigenvalue weighted by Crippen LogP contribution is 2.23. The molecular formula is C11H12F3NO3. The summed E-state index contributed by atoms with van der Waals surface area (Å²) in [6.07, 6.45) is -4.46. The topological polar surface area (TPSA) is 58.6 Å². The molecule has 0 aliphatic heterocycles. The Morgan fingerprint density at radius 1 is 1.44 bits per heavy atom. The van der Waals surface area contributed by atoms with Crippen LogP contribution in [0.2, 0.25) is 0 Å². The number of ether oxygens (including phenoxy) is 1. The minimum absolute atomic E-state index is 0.0102. The summed E-state index contributed by atoms with van der Waals surface area (Å²) >= 11 is 0. The van der Waals surface area contributed by atoms with Gasteiger partial charge in [0.2, 0.25) is 5.91 Å². The Labute approximate surface area is 101 Å². The predicted octanol–water partition coefficient (Wildman–Crippen LogP) is 2.22. The maximum absolute atomic E-state index is 11.8. The van der Waals surface area contributed by atoms with Gasteiger partial charge in [-0.15, -0.1) is 0 Å². The third kappa shape index (κ3) is 4.62. The zero-order chi connectivity index (χ0) is 13.8. The van der Waals surface area contributed by atoms with Crippen molar-refractivity contribution in [1.82, 2.24) is 0 Å². The molecule has 7 heteroatoms. The molecule has 0 aliphatic carbocycles. The van der Waals surface area contributed by atoms with Crippen LogP contribution in [0.5, 0.6) is 5.75 Å². The minimum Gasteiger partial charge on any atom is -0.508 e. The number of rotatable bonds is 4. The molecule has 0 fully saturated rings. The molecule has 2 N–H and O–H groups in total. The van der Waals surface area contributed by atoms with Gasteiger partial charge in [-0.3, -0.25) is 4.79 Å². The molecule has 0 aliphatic rings. The van der Waals surface area contributed by atoms with Gasteiger partial charge in [-0.05, 0) is 19.1 Å². The molecule has 1 aromatic carbocycles. The smallest absolute Gasteiger partial charge is 0.411 e. The monoisotopic (exact) mass is 263 g/mol. The van der Waals surface area contributed by atoms with E-state index in [1.807, 2.05) is 0 Å². The first kappa shape index (κ1) is 14.3. The quantitative estimate of drug-likeness (QED) is 0.875. The zero-order valence-electron chi connectivity index (χ0n) is 9.54. The summed E-state index contributed by atoms with van der Waals surface area (Å²) < 4.78 is 39.5. The van der Waals surface area contributed by atoms with Crippen molar-refractivity contribution in [2.75, 3.05) is 18.5 Å². The van der Waals surface area contributed by atoms with Gasteiger partial charge >= 0.3 is 6.18 Å². The van der Waals surface area contributed by atoms with Crippen molar-refractivity contribution in [3.8, 4) is 5.75 Å². The van der Waals surface area contributed by atoms with E-state index in [2.05, 4.69) is 10.1 Å². The number of alkyl halides is 3. The number of benzene rings is 1. The Bertz CT molecular complexity index is 432. The molecule has 0 bridgehead atoms. The van der Waals surface area contributed by atoms with Gasteiger partial charge in [0.25, 0.3) is 0 Å². The fourth-order valence-corrected chi connectivity index (χ4v) is 1.20. The van der Waals surface area contributed by atoms with Crippen LogP contribution in [0.3, 0.4) is 0 Å². The molecule has 1 rings (SSSR count). The maximum atomic E-state index is 11.8. The van der Waals surface area contributed by atoms with E-state index in [1.54, 1.807) is 6.92 Å². The molecule has 0 saturated carbocycles. The first-order valence-electron chi connectivity index (χ1n) is 5.02. The molecule has 1 amide bonds. The lowest BCUT2D eigenvalue weighted by Gasteiger charge is -2.10. The van der Waals surface area contributed by atoms with Gasteiger partial charge in [0.1, 0.15) is 19.0 Å². The van der Waals surface area contributed by atoms with E-state index in [1.165, 1.54) is 18.2 Å². The van der Waals surface area contributed by atoms with E-state index in [-0.39, 0.29) is 5.75 Å². The van der Waals surface area contributed by atoms with Crippen LogP contribution in [0, 0.1) is 6.92 Å². The highest BCUT2D eigenvalue weighted by molar-refractivity contribution is 5.92. The predicted molar refractivity (Wildman–Crippen MR) is 58.3 cm³/mol. The molecule has 0 atom stereocenters. The van der Waals surface area contributed by atoms with E-state index in [0.29, 0.717) is 11.3 Å². The molecule has 0 unspecified atom stereocenters. The fourth-order valence-electron chi connectivity index (χ4n) is 1.20. The SMILES string of the molecule is Cc1c(O)cccc1NC(=O)COCC(F)(F)F. The number of carbonyl (C=O) groups excluding carboxylic acids is 1. The first-order chi connectivity index (χ1) is 8.29. The number of phenolic OH excluding ortho intramolecular Hbond substituents is 1. The van der Waals surface area contributed by atoms with E-state index in [4.69, 9.17) is 0 Å². The van der Waals surface area contributed by atoms with Crippen LogP contribution < -0.4 is 5.32 Å². The van der Waals surface area contributed by atoms with Crippen LogP contribution in [0.1, 0.15) is 5.56 Å². The van der Waals surface area contributed by atoms with E-state index < -0.39 is 25.3 Å². The second kappa shape index (κ2) is 5.72. The molecule has 0 spiro atoms. The van der Waals surface area contributed by atoms with Crippen molar-refractivity contribution in [3.63, 3.8) is 0 Å². The molecular weight excluding hydrogens is 251 g/mol. The van der Waals surface area contributed by atoms with Crippen LogP contribution in [0.4, 0.5) is 18.9 Å². The number of halogens is 3. The Balaban J connectivity index is 2.48. The summed E-state index contributed by atoms with van der Waals surface area (Å²) in [6, 6.07) is 4.47. The number of carbonyl (C=O) groups is 1. The lowest BCUT2D eigenvalue weighted by Crippen LogP contribution is -2.24. The molecule has 0 aromatic heterocycles. The summed E-state index contributed by atoms with van der Waals surface area (Å²) in [5.74, 6) is -0.725. The van der Waals surface area contributed by atoms with Crippen molar-refractivity contribution < 1.29 is 27.8 Å². The lowest BCUT2D eigenvalue weighted by atomic mass is 10.2. The minimum atomic E-state index is -4.46. The summed E-state index contributed by atoms with van der Waals surface area (Å²) in [7, 11) is 0. The summed E-state index contributed by atoms with van der Waals surface area (Å²) in [5, 5.41) is 11.7. The van der Waals surface area contributed by atoms with Gasteiger partial charge < -0.3 is 15.2 Å². The van der Waals surface area contributed by atoms with Crippen molar-refractivity contribution >= 4 is 11.6 Å². The first-order valence-corrected chi connectivity index (χ1v) is 5.02. The van der Waals surface area contributed by atoms with Crippen LogP contribution in [0.25, 0.3) is 0 Å². The summed E-state index contributed by atoms with van der Waals surface area (Å²) in [4.78, 5) is 11.3. The number of amides is 1. The Morgan fingerprint density at radius 3 is 2.72 bits per heavy atom. The van der Waals surface area contributed by atoms with E-state index in [9.17, 15) is 23.1 Å². The molecule has 0 radical (unpaired) electrons. The molecule has 0 saturated heterocycles. The van der Waals surface area contributed by atoms with Crippen LogP contribution in [0.15, 0.2) is 18.2 Å². The van der Waals surface area contributed by atoms with Crippen molar-refractivity contribution in [2.45, 2.75) is 13.1 Å². The van der Waals surface area contributed by atoms with Gasteiger partial charge in [-0.25, -0.2) is 0 Å². The Hall–Kier alpha value is -1.76. The third-order valence-corrected chi connectivity index (χ3v) is 2.08. The molecule has 1 aromatic rings. The van der Waals surface area contributed by atoms with Gasteiger partial charge in [0.15, 0.2) is 0 Å². The van der Waals surface area contributed by atoms with Gasteiger partial charge in [-0.1, -0.05) is 6.07 Å². The average molecular weight is 263 g/mol. The number of anilines is 1. The Morgan fingerprint density at radius 2 is 2.11 bits per heavy atom. The molecule has 100 valence electrons. The number of nitrogens with one attached hydrogen (secondary N) is 1. The summed E-state index contributed by atoms with van der Waals surface area (Å²) in [6.45, 7) is -0.602. The number of aromatic hydroxyl groups is 1. The van der Waals surface area contributed by atoms with Crippen molar-refractivity contribution in [2.24, 2.45) is 0 Å². The third-order valence-electron chi connectivity index (χ3n) is 2.08. The Kier molecular flexibility index (Phi) is 4.55. The molecule has 4 nitrogen and oxygen atoms in total. The second-order valence-electron chi connectivity index (χ2n) is 3.61.